The van der Waals surface area contributed by atoms with E-state index in [1.165, 1.54) is 0 Å². The van der Waals surface area contributed by atoms with E-state index >= 15 is 0 Å². The van der Waals surface area contributed by atoms with E-state index in [0.717, 1.165) is 22.2 Å². The Morgan fingerprint density at radius 2 is 2.13 bits per heavy atom. The second-order valence-corrected chi connectivity index (χ2v) is 4.65. The van der Waals surface area contributed by atoms with E-state index < -0.39 is 0 Å². The molecule has 84 valence electrons. The van der Waals surface area contributed by atoms with E-state index in [1.54, 1.807) is 7.11 Å². The first-order chi connectivity index (χ1) is 7.10. The fourth-order valence-corrected chi connectivity index (χ4v) is 1.98. The Balaban J connectivity index is 3.01. The third-order valence-electron chi connectivity index (χ3n) is 2.82. The topological polar surface area (TPSA) is 35.2 Å². The minimum Gasteiger partial charge on any atom is -0.497 e. The van der Waals surface area contributed by atoms with Crippen molar-refractivity contribution in [3.05, 3.63) is 28.2 Å². The van der Waals surface area contributed by atoms with Crippen molar-refractivity contribution in [2.45, 2.75) is 26.3 Å². The van der Waals surface area contributed by atoms with Gasteiger partial charge in [-0.1, -0.05) is 36.2 Å². The highest BCUT2D eigenvalue weighted by Gasteiger charge is 2.16. The summed E-state index contributed by atoms with van der Waals surface area (Å²) in [6.45, 7) is 4.31. The van der Waals surface area contributed by atoms with Crippen molar-refractivity contribution in [3.8, 4) is 5.75 Å². The third kappa shape index (κ3) is 2.95. The molecule has 1 unspecified atom stereocenters. The molecule has 1 aromatic carbocycles. The lowest BCUT2D eigenvalue weighted by molar-refractivity contribution is 0.410. The second kappa shape index (κ2) is 5.52. The number of nitrogens with two attached hydrogens (primary N) is 1. The highest BCUT2D eigenvalue weighted by molar-refractivity contribution is 9.10. The Bertz CT molecular complexity index is 327. The first-order valence-corrected chi connectivity index (χ1v) is 5.98. The molecular weight excluding hydrogens is 254 g/mol. The van der Waals surface area contributed by atoms with Crippen LogP contribution < -0.4 is 10.5 Å². The molecule has 0 bridgehead atoms. The van der Waals surface area contributed by atoms with Crippen LogP contribution in [0.2, 0.25) is 0 Å². The monoisotopic (exact) mass is 271 g/mol. The van der Waals surface area contributed by atoms with Crippen LogP contribution in [0.4, 0.5) is 0 Å². The average Bonchev–Trinajstić information content (AvgIpc) is 2.27. The summed E-state index contributed by atoms with van der Waals surface area (Å²) in [4.78, 5) is 0. The lowest BCUT2D eigenvalue weighted by Crippen LogP contribution is -2.19. The zero-order valence-electron chi connectivity index (χ0n) is 9.46. The van der Waals surface area contributed by atoms with Gasteiger partial charge < -0.3 is 10.5 Å². The minimum absolute atomic E-state index is 0.0551. The van der Waals surface area contributed by atoms with Gasteiger partial charge in [-0.05, 0) is 29.7 Å². The zero-order chi connectivity index (χ0) is 11.4. The lowest BCUT2D eigenvalue weighted by atomic mass is 9.93. The molecule has 0 saturated heterocycles. The van der Waals surface area contributed by atoms with Crippen LogP contribution in [0.25, 0.3) is 0 Å². The molecule has 3 heteroatoms. The van der Waals surface area contributed by atoms with Crippen molar-refractivity contribution in [1.29, 1.82) is 0 Å². The van der Waals surface area contributed by atoms with Crippen LogP contribution in [0.15, 0.2) is 22.7 Å². The number of halogens is 1. The van der Waals surface area contributed by atoms with Gasteiger partial charge in [-0.2, -0.15) is 0 Å². The number of methoxy groups -OCH3 is 1. The Morgan fingerprint density at radius 1 is 1.47 bits per heavy atom. The second-order valence-electron chi connectivity index (χ2n) is 3.80. The Labute approximate surface area is 99.9 Å². The Kier molecular flexibility index (Phi) is 4.61. The van der Waals surface area contributed by atoms with Crippen LogP contribution in [0.1, 0.15) is 31.9 Å². The van der Waals surface area contributed by atoms with Gasteiger partial charge in [0.25, 0.3) is 0 Å². The summed E-state index contributed by atoms with van der Waals surface area (Å²) in [7, 11) is 1.67. The van der Waals surface area contributed by atoms with E-state index in [2.05, 4.69) is 29.8 Å². The van der Waals surface area contributed by atoms with Crippen molar-refractivity contribution in [2.75, 3.05) is 7.11 Å². The summed E-state index contributed by atoms with van der Waals surface area (Å²) in [5, 5.41) is 0. The van der Waals surface area contributed by atoms with E-state index in [4.69, 9.17) is 10.5 Å². The Morgan fingerprint density at radius 3 is 2.67 bits per heavy atom. The molecule has 2 atom stereocenters. The summed E-state index contributed by atoms with van der Waals surface area (Å²) in [6, 6.07) is 5.97. The van der Waals surface area contributed by atoms with Gasteiger partial charge in [0.2, 0.25) is 0 Å². The molecule has 0 saturated carbocycles. The molecule has 0 aliphatic carbocycles. The highest BCUT2D eigenvalue weighted by Crippen LogP contribution is 2.31. The fraction of sp³-hybridized carbons (Fsp3) is 0.500. The molecule has 2 N–H and O–H groups in total. The molecule has 2 nitrogen and oxygen atoms in total. The smallest absolute Gasteiger partial charge is 0.119 e. The fourth-order valence-electron chi connectivity index (χ4n) is 1.46. The molecule has 0 amide bonds. The van der Waals surface area contributed by atoms with Gasteiger partial charge in [0.15, 0.2) is 0 Å². The van der Waals surface area contributed by atoms with Crippen molar-refractivity contribution in [2.24, 2.45) is 11.7 Å². The number of rotatable bonds is 4. The number of hydrogen-bond donors (Lipinski definition) is 1. The van der Waals surface area contributed by atoms with E-state index in [0.29, 0.717) is 5.92 Å². The number of ether oxygens (including phenoxy) is 1. The van der Waals surface area contributed by atoms with Gasteiger partial charge in [-0.3, -0.25) is 0 Å². The summed E-state index contributed by atoms with van der Waals surface area (Å²) in [5.41, 5.74) is 7.30. The van der Waals surface area contributed by atoms with Crippen molar-refractivity contribution in [1.82, 2.24) is 0 Å². The Hall–Kier alpha value is -0.540. The van der Waals surface area contributed by atoms with Crippen LogP contribution >= 0.6 is 15.9 Å². The van der Waals surface area contributed by atoms with E-state index in [-0.39, 0.29) is 6.04 Å². The molecule has 0 heterocycles. The van der Waals surface area contributed by atoms with Crippen LogP contribution in [0.5, 0.6) is 5.75 Å². The maximum Gasteiger partial charge on any atom is 0.119 e. The van der Waals surface area contributed by atoms with Gasteiger partial charge in [0.05, 0.1) is 7.11 Å². The molecule has 0 radical (unpaired) electrons. The normalized spacial score (nSPS) is 14.7. The standard InChI is InChI=1S/C12H18BrNO/c1-4-8(2)12(14)10-7-9(15-3)5-6-11(10)13/h5-8,12H,4,14H2,1-3H3/t8?,12-/m1/s1. The SMILES string of the molecule is CCC(C)[C@@H](N)c1cc(OC)ccc1Br. The first-order valence-electron chi connectivity index (χ1n) is 5.19. The number of hydrogen-bond acceptors (Lipinski definition) is 2. The average molecular weight is 272 g/mol. The molecule has 0 aliphatic rings. The van der Waals surface area contributed by atoms with Crippen molar-refractivity contribution in [3.63, 3.8) is 0 Å². The van der Waals surface area contributed by atoms with E-state index in [9.17, 15) is 0 Å². The molecular formula is C12H18BrNO. The highest BCUT2D eigenvalue weighted by atomic mass is 79.9. The summed E-state index contributed by atoms with van der Waals surface area (Å²) < 4.78 is 6.25. The number of benzene rings is 1. The largest absolute Gasteiger partial charge is 0.497 e. The van der Waals surface area contributed by atoms with Gasteiger partial charge in [-0.25, -0.2) is 0 Å². The first kappa shape index (κ1) is 12.5. The van der Waals surface area contributed by atoms with Crippen LogP contribution in [0.3, 0.4) is 0 Å². The van der Waals surface area contributed by atoms with Gasteiger partial charge >= 0.3 is 0 Å². The quantitative estimate of drug-likeness (QED) is 0.910. The summed E-state index contributed by atoms with van der Waals surface area (Å²) in [5.74, 6) is 1.32. The van der Waals surface area contributed by atoms with Gasteiger partial charge in [0, 0.05) is 10.5 Å². The molecule has 0 spiro atoms. The predicted octanol–water partition coefficient (Wildman–Crippen LogP) is 3.50. The zero-order valence-corrected chi connectivity index (χ0v) is 11.0. The van der Waals surface area contributed by atoms with Crippen molar-refractivity contribution < 1.29 is 4.74 Å². The molecule has 0 aromatic heterocycles. The predicted molar refractivity (Wildman–Crippen MR) is 67.1 cm³/mol. The molecule has 0 aliphatic heterocycles. The molecule has 1 rings (SSSR count). The van der Waals surface area contributed by atoms with Crippen LogP contribution in [0, 0.1) is 5.92 Å². The van der Waals surface area contributed by atoms with Crippen LogP contribution in [-0.4, -0.2) is 7.11 Å². The minimum atomic E-state index is 0.0551. The van der Waals surface area contributed by atoms with Crippen LogP contribution in [-0.2, 0) is 0 Å². The molecule has 15 heavy (non-hydrogen) atoms. The lowest BCUT2D eigenvalue weighted by Gasteiger charge is -2.20. The summed E-state index contributed by atoms with van der Waals surface area (Å²) >= 11 is 3.52. The third-order valence-corrected chi connectivity index (χ3v) is 3.54. The molecule has 0 fully saturated rings. The maximum atomic E-state index is 6.19. The van der Waals surface area contributed by atoms with Gasteiger partial charge in [0.1, 0.15) is 5.75 Å². The maximum absolute atomic E-state index is 6.19. The van der Waals surface area contributed by atoms with Gasteiger partial charge in [-0.15, -0.1) is 0 Å². The van der Waals surface area contributed by atoms with E-state index in [1.807, 2.05) is 18.2 Å². The van der Waals surface area contributed by atoms with Crippen molar-refractivity contribution >= 4 is 15.9 Å². The summed E-state index contributed by atoms with van der Waals surface area (Å²) in [6.07, 6.45) is 1.07. The molecule has 1 aromatic rings.